The van der Waals surface area contributed by atoms with Gasteiger partial charge in [-0.25, -0.2) is 0 Å². The fourth-order valence-corrected chi connectivity index (χ4v) is 2.52. The van der Waals surface area contributed by atoms with Gasteiger partial charge in [0.15, 0.2) is 0 Å². The Morgan fingerprint density at radius 1 is 1.24 bits per heavy atom. The summed E-state index contributed by atoms with van der Waals surface area (Å²) in [5.74, 6) is -0.137. The highest BCUT2D eigenvalue weighted by molar-refractivity contribution is 9.10. The highest BCUT2D eigenvalue weighted by atomic mass is 79.9. The zero-order chi connectivity index (χ0) is 15.4. The van der Waals surface area contributed by atoms with Crippen molar-refractivity contribution in [3.8, 4) is 0 Å². The molecule has 0 spiro atoms. The van der Waals surface area contributed by atoms with Gasteiger partial charge in [-0.3, -0.25) is 4.79 Å². The predicted octanol–water partition coefficient (Wildman–Crippen LogP) is 4.98. The Kier molecular flexibility index (Phi) is 5.26. The third-order valence-electron chi connectivity index (χ3n) is 3.01. The van der Waals surface area contributed by atoms with E-state index in [2.05, 4.69) is 51.7 Å². The molecule has 0 unspecified atom stereocenters. The van der Waals surface area contributed by atoms with Gasteiger partial charge in [0.25, 0.3) is 0 Å². The van der Waals surface area contributed by atoms with Gasteiger partial charge in [-0.05, 0) is 42.3 Å². The summed E-state index contributed by atoms with van der Waals surface area (Å²) < 4.78 is 1.10. The fraction of sp³-hybridized carbons (Fsp3) is 0.188. The van der Waals surface area contributed by atoms with Crippen LogP contribution < -0.4 is 10.6 Å². The normalized spacial score (nSPS) is 10.3. The maximum absolute atomic E-state index is 11.0. The van der Waals surface area contributed by atoms with E-state index in [1.54, 1.807) is 12.1 Å². The number of hydrogen-bond acceptors (Lipinski definition) is 2. The smallest absolute Gasteiger partial charge is 0.221 e. The Hall–Kier alpha value is -1.52. The van der Waals surface area contributed by atoms with E-state index in [4.69, 9.17) is 11.6 Å². The van der Waals surface area contributed by atoms with E-state index in [1.807, 2.05) is 6.07 Å². The van der Waals surface area contributed by atoms with Crippen molar-refractivity contribution < 1.29 is 4.79 Å². The molecule has 0 aromatic heterocycles. The summed E-state index contributed by atoms with van der Waals surface area (Å²) in [5, 5.41) is 6.51. The van der Waals surface area contributed by atoms with E-state index in [9.17, 15) is 4.79 Å². The molecule has 2 N–H and O–H groups in total. The van der Waals surface area contributed by atoms with E-state index < -0.39 is 0 Å². The second kappa shape index (κ2) is 6.96. The highest BCUT2D eigenvalue weighted by Crippen LogP contribution is 2.26. The molecule has 0 radical (unpaired) electrons. The number of carbonyl (C=O) groups is 1. The minimum atomic E-state index is -0.137. The molecule has 0 aliphatic heterocycles. The van der Waals surface area contributed by atoms with Crippen LogP contribution >= 0.6 is 27.5 Å². The summed E-state index contributed by atoms with van der Waals surface area (Å²) in [5.41, 5.74) is 3.91. The van der Waals surface area contributed by atoms with Crippen LogP contribution in [0.15, 0.2) is 40.9 Å². The lowest BCUT2D eigenvalue weighted by molar-refractivity contribution is -0.114. The third kappa shape index (κ3) is 4.48. The van der Waals surface area contributed by atoms with Gasteiger partial charge in [0.1, 0.15) is 0 Å². The molecule has 0 saturated heterocycles. The van der Waals surface area contributed by atoms with Crippen molar-refractivity contribution in [1.29, 1.82) is 0 Å². The summed E-state index contributed by atoms with van der Waals surface area (Å²) in [6.07, 6.45) is 0. The quantitative estimate of drug-likeness (QED) is 0.800. The average molecular weight is 368 g/mol. The molecule has 0 aliphatic rings. The van der Waals surface area contributed by atoms with Crippen LogP contribution in [-0.4, -0.2) is 5.91 Å². The van der Waals surface area contributed by atoms with Gasteiger partial charge in [0, 0.05) is 23.6 Å². The summed E-state index contributed by atoms with van der Waals surface area (Å²) in [6.45, 7) is 4.22. The van der Waals surface area contributed by atoms with Crippen molar-refractivity contribution in [2.75, 3.05) is 10.6 Å². The van der Waals surface area contributed by atoms with Gasteiger partial charge >= 0.3 is 0 Å². The van der Waals surface area contributed by atoms with Crippen LogP contribution in [0, 0.1) is 6.92 Å². The molecule has 0 heterocycles. The molecule has 2 aromatic carbocycles. The molecule has 5 heteroatoms. The molecule has 21 heavy (non-hydrogen) atoms. The van der Waals surface area contributed by atoms with Crippen LogP contribution in [0.3, 0.4) is 0 Å². The first kappa shape index (κ1) is 15.9. The minimum absolute atomic E-state index is 0.137. The van der Waals surface area contributed by atoms with E-state index in [0.29, 0.717) is 17.3 Å². The number of hydrogen-bond donors (Lipinski definition) is 2. The molecule has 0 saturated carbocycles. The van der Waals surface area contributed by atoms with Crippen molar-refractivity contribution in [1.82, 2.24) is 0 Å². The average Bonchev–Trinajstić information content (AvgIpc) is 2.42. The molecule has 110 valence electrons. The Balaban J connectivity index is 2.04. The molecular weight excluding hydrogens is 352 g/mol. The molecule has 2 rings (SSSR count). The molecule has 2 aromatic rings. The Morgan fingerprint density at radius 3 is 2.62 bits per heavy atom. The Bertz CT molecular complexity index is 673. The Labute approximate surface area is 137 Å². The zero-order valence-corrected chi connectivity index (χ0v) is 14.2. The van der Waals surface area contributed by atoms with Gasteiger partial charge in [-0.15, -0.1) is 0 Å². The van der Waals surface area contributed by atoms with Crippen LogP contribution in [0.25, 0.3) is 0 Å². The summed E-state index contributed by atoms with van der Waals surface area (Å²) in [7, 11) is 0. The van der Waals surface area contributed by atoms with Crippen molar-refractivity contribution in [2.45, 2.75) is 20.4 Å². The number of anilines is 2. The number of halogens is 2. The number of amides is 1. The maximum atomic E-state index is 11.0. The first-order valence-corrected chi connectivity index (χ1v) is 7.69. The van der Waals surface area contributed by atoms with Crippen LogP contribution in [-0.2, 0) is 11.3 Å². The SMILES string of the molecule is CC(=O)Nc1ccc(NCc2ccc(C)c(Br)c2)cc1Cl. The van der Waals surface area contributed by atoms with Crippen molar-refractivity contribution in [3.63, 3.8) is 0 Å². The Morgan fingerprint density at radius 2 is 2.00 bits per heavy atom. The number of benzene rings is 2. The second-order valence-corrected chi connectivity index (χ2v) is 6.07. The highest BCUT2D eigenvalue weighted by Gasteiger charge is 2.04. The summed E-state index contributed by atoms with van der Waals surface area (Å²) >= 11 is 9.67. The first-order valence-electron chi connectivity index (χ1n) is 6.52. The lowest BCUT2D eigenvalue weighted by atomic mass is 10.1. The van der Waals surface area contributed by atoms with Crippen molar-refractivity contribution in [2.24, 2.45) is 0 Å². The fourth-order valence-electron chi connectivity index (χ4n) is 1.87. The monoisotopic (exact) mass is 366 g/mol. The second-order valence-electron chi connectivity index (χ2n) is 4.81. The molecule has 0 fully saturated rings. The summed E-state index contributed by atoms with van der Waals surface area (Å²) in [4.78, 5) is 11.0. The number of carbonyl (C=O) groups excluding carboxylic acids is 1. The van der Waals surface area contributed by atoms with Gasteiger partial charge in [0.05, 0.1) is 10.7 Å². The first-order chi connectivity index (χ1) is 9.95. The van der Waals surface area contributed by atoms with E-state index in [0.717, 1.165) is 10.2 Å². The minimum Gasteiger partial charge on any atom is -0.381 e. The van der Waals surface area contributed by atoms with Gasteiger partial charge < -0.3 is 10.6 Å². The van der Waals surface area contributed by atoms with Gasteiger partial charge in [-0.2, -0.15) is 0 Å². The van der Waals surface area contributed by atoms with E-state index in [1.165, 1.54) is 18.1 Å². The third-order valence-corrected chi connectivity index (χ3v) is 4.18. The standard InChI is InChI=1S/C16H16BrClN2O/c1-10-3-4-12(7-14(10)17)9-19-13-5-6-16(15(18)8-13)20-11(2)21/h3-8,19H,9H2,1-2H3,(H,20,21). The van der Waals surface area contributed by atoms with Crippen LogP contribution in [0.2, 0.25) is 5.02 Å². The zero-order valence-electron chi connectivity index (χ0n) is 11.8. The summed E-state index contributed by atoms with van der Waals surface area (Å²) in [6, 6.07) is 11.7. The molecule has 0 bridgehead atoms. The largest absolute Gasteiger partial charge is 0.381 e. The molecular formula is C16H16BrClN2O. The van der Waals surface area contributed by atoms with E-state index in [-0.39, 0.29) is 5.91 Å². The lowest BCUT2D eigenvalue weighted by Gasteiger charge is -2.10. The number of aryl methyl sites for hydroxylation is 1. The number of rotatable bonds is 4. The van der Waals surface area contributed by atoms with Crippen LogP contribution in [0.4, 0.5) is 11.4 Å². The molecule has 1 amide bonds. The predicted molar refractivity (Wildman–Crippen MR) is 92.0 cm³/mol. The maximum Gasteiger partial charge on any atom is 0.221 e. The molecule has 3 nitrogen and oxygen atoms in total. The molecule has 0 aliphatic carbocycles. The molecule has 0 atom stereocenters. The van der Waals surface area contributed by atoms with E-state index >= 15 is 0 Å². The number of nitrogens with one attached hydrogen (secondary N) is 2. The van der Waals surface area contributed by atoms with Gasteiger partial charge in [0.2, 0.25) is 5.91 Å². The topological polar surface area (TPSA) is 41.1 Å². The van der Waals surface area contributed by atoms with Gasteiger partial charge in [-0.1, -0.05) is 39.7 Å². The lowest BCUT2D eigenvalue weighted by Crippen LogP contribution is -2.06. The van der Waals surface area contributed by atoms with Crippen molar-refractivity contribution >= 4 is 44.8 Å². The van der Waals surface area contributed by atoms with Crippen LogP contribution in [0.5, 0.6) is 0 Å². The van der Waals surface area contributed by atoms with Crippen molar-refractivity contribution in [3.05, 3.63) is 57.0 Å². The van der Waals surface area contributed by atoms with Crippen LogP contribution in [0.1, 0.15) is 18.1 Å².